The summed E-state index contributed by atoms with van der Waals surface area (Å²) in [5.74, 6) is 3.13. The van der Waals surface area contributed by atoms with Gasteiger partial charge in [-0.2, -0.15) is 15.0 Å². The van der Waals surface area contributed by atoms with Gasteiger partial charge in [0.25, 0.3) is 0 Å². The fourth-order valence-corrected chi connectivity index (χ4v) is 4.96. The third kappa shape index (κ3) is 6.38. The SMILES string of the molecule is COc1ccc(Nc2nc(NCC3CCCCC3)nc(N(C)C3CCN(C)CC3)n2)cc1Cl. The number of halogens is 1. The summed E-state index contributed by atoms with van der Waals surface area (Å²) in [6, 6.07) is 5.97. The smallest absolute Gasteiger partial charge is 0.233 e. The predicted molar refractivity (Wildman–Crippen MR) is 135 cm³/mol. The van der Waals surface area contributed by atoms with Crippen molar-refractivity contribution in [1.82, 2.24) is 19.9 Å². The monoisotopic (exact) mass is 473 g/mol. The van der Waals surface area contributed by atoms with Crippen LogP contribution >= 0.6 is 11.6 Å². The summed E-state index contributed by atoms with van der Waals surface area (Å²) < 4.78 is 5.26. The van der Waals surface area contributed by atoms with E-state index in [0.29, 0.717) is 40.6 Å². The molecule has 0 atom stereocenters. The third-order valence-corrected chi connectivity index (χ3v) is 7.15. The Morgan fingerprint density at radius 3 is 2.48 bits per heavy atom. The molecule has 0 amide bonds. The highest BCUT2D eigenvalue weighted by atomic mass is 35.5. The second-order valence-corrected chi connectivity index (χ2v) is 9.69. The van der Waals surface area contributed by atoms with E-state index in [1.54, 1.807) is 7.11 Å². The van der Waals surface area contributed by atoms with Gasteiger partial charge in [0.2, 0.25) is 17.8 Å². The van der Waals surface area contributed by atoms with E-state index in [9.17, 15) is 0 Å². The molecule has 1 aromatic heterocycles. The van der Waals surface area contributed by atoms with Crippen LogP contribution in [0.25, 0.3) is 0 Å². The summed E-state index contributed by atoms with van der Waals surface area (Å²) >= 11 is 6.32. The van der Waals surface area contributed by atoms with Gasteiger partial charge in [-0.05, 0) is 69.9 Å². The highest BCUT2D eigenvalue weighted by Gasteiger charge is 2.24. The Morgan fingerprint density at radius 2 is 1.79 bits per heavy atom. The molecule has 1 aromatic carbocycles. The Balaban J connectivity index is 1.54. The van der Waals surface area contributed by atoms with Crippen LogP contribution in [0.15, 0.2) is 18.2 Å². The second-order valence-electron chi connectivity index (χ2n) is 9.29. The van der Waals surface area contributed by atoms with Gasteiger partial charge in [-0.25, -0.2) is 0 Å². The van der Waals surface area contributed by atoms with Crippen molar-refractivity contribution in [2.24, 2.45) is 5.92 Å². The number of methoxy groups -OCH3 is 1. The van der Waals surface area contributed by atoms with Crippen molar-refractivity contribution in [2.45, 2.75) is 51.0 Å². The number of likely N-dealkylation sites (tertiary alicyclic amines) is 1. The first-order valence-electron chi connectivity index (χ1n) is 12.0. The Bertz CT molecular complexity index is 914. The highest BCUT2D eigenvalue weighted by Crippen LogP contribution is 2.29. The molecule has 4 rings (SSSR count). The van der Waals surface area contributed by atoms with Gasteiger partial charge in [0.05, 0.1) is 12.1 Å². The van der Waals surface area contributed by atoms with Crippen molar-refractivity contribution in [3.8, 4) is 5.75 Å². The molecular weight excluding hydrogens is 438 g/mol. The quantitative estimate of drug-likeness (QED) is 0.566. The molecule has 8 nitrogen and oxygen atoms in total. The first-order chi connectivity index (χ1) is 16.0. The van der Waals surface area contributed by atoms with Gasteiger partial charge < -0.3 is 25.2 Å². The van der Waals surface area contributed by atoms with E-state index in [2.05, 4.69) is 39.5 Å². The number of ether oxygens (including phenoxy) is 1. The third-order valence-electron chi connectivity index (χ3n) is 6.86. The number of benzene rings is 1. The Kier molecular flexibility index (Phi) is 8.09. The highest BCUT2D eigenvalue weighted by molar-refractivity contribution is 6.32. The summed E-state index contributed by atoms with van der Waals surface area (Å²) in [4.78, 5) is 18.8. The van der Waals surface area contributed by atoms with Crippen molar-refractivity contribution in [3.63, 3.8) is 0 Å². The van der Waals surface area contributed by atoms with Crippen molar-refractivity contribution in [3.05, 3.63) is 23.2 Å². The molecule has 2 fully saturated rings. The minimum absolute atomic E-state index is 0.415. The lowest BCUT2D eigenvalue weighted by molar-refractivity contribution is 0.252. The zero-order chi connectivity index (χ0) is 23.2. The molecule has 1 saturated carbocycles. The molecule has 0 bridgehead atoms. The van der Waals surface area contributed by atoms with Crippen LogP contribution in [0.3, 0.4) is 0 Å². The van der Waals surface area contributed by atoms with Gasteiger partial charge in [-0.15, -0.1) is 0 Å². The summed E-state index contributed by atoms with van der Waals surface area (Å²) in [7, 11) is 5.87. The topological polar surface area (TPSA) is 78.4 Å². The van der Waals surface area contributed by atoms with E-state index in [-0.39, 0.29) is 0 Å². The van der Waals surface area contributed by atoms with Crippen LogP contribution < -0.4 is 20.3 Å². The zero-order valence-electron chi connectivity index (χ0n) is 20.0. The molecular formula is C24H36ClN7O. The van der Waals surface area contributed by atoms with Crippen LogP contribution in [0.2, 0.25) is 5.02 Å². The Hall–Kier alpha value is -2.32. The molecule has 0 unspecified atom stereocenters. The second kappa shape index (κ2) is 11.2. The normalized spacial score (nSPS) is 18.2. The Labute approximate surface area is 202 Å². The van der Waals surface area contributed by atoms with E-state index in [1.807, 2.05) is 18.2 Å². The first-order valence-corrected chi connectivity index (χ1v) is 12.4. The van der Waals surface area contributed by atoms with E-state index < -0.39 is 0 Å². The lowest BCUT2D eigenvalue weighted by Gasteiger charge is -2.35. The van der Waals surface area contributed by atoms with Crippen LogP contribution in [0, 0.1) is 5.92 Å². The standard InChI is InChI=1S/C24H36ClN7O/c1-31-13-11-19(12-14-31)32(2)24-29-22(26-16-17-7-5-4-6-8-17)28-23(30-24)27-18-9-10-21(33-3)20(25)15-18/h9-10,15,17,19H,4-8,11-14,16H2,1-3H3,(H2,26,27,28,29,30). The van der Waals surface area contributed by atoms with E-state index in [4.69, 9.17) is 26.3 Å². The minimum atomic E-state index is 0.415. The number of nitrogens with one attached hydrogen (secondary N) is 2. The van der Waals surface area contributed by atoms with Crippen LogP contribution in [-0.4, -0.2) is 66.7 Å². The van der Waals surface area contributed by atoms with Crippen molar-refractivity contribution in [1.29, 1.82) is 0 Å². The first kappa shape index (κ1) is 23.8. The molecule has 1 saturated heterocycles. The number of aromatic nitrogens is 3. The van der Waals surface area contributed by atoms with E-state index in [1.165, 1.54) is 32.1 Å². The van der Waals surface area contributed by atoms with Gasteiger partial charge >= 0.3 is 0 Å². The van der Waals surface area contributed by atoms with Crippen molar-refractivity contribution in [2.75, 3.05) is 56.4 Å². The molecule has 1 aliphatic heterocycles. The molecule has 2 aromatic rings. The predicted octanol–water partition coefficient (Wildman–Crippen LogP) is 4.80. The van der Waals surface area contributed by atoms with Gasteiger partial charge in [-0.1, -0.05) is 30.9 Å². The van der Waals surface area contributed by atoms with Crippen LogP contribution in [0.4, 0.5) is 23.5 Å². The van der Waals surface area contributed by atoms with E-state index in [0.717, 1.165) is 38.2 Å². The molecule has 0 radical (unpaired) electrons. The number of hydrogen-bond acceptors (Lipinski definition) is 8. The van der Waals surface area contributed by atoms with Gasteiger partial charge in [-0.3, -0.25) is 0 Å². The Morgan fingerprint density at radius 1 is 1.06 bits per heavy atom. The number of rotatable bonds is 8. The number of hydrogen-bond donors (Lipinski definition) is 2. The summed E-state index contributed by atoms with van der Waals surface area (Å²) in [5, 5.41) is 7.33. The average Bonchev–Trinajstić information content (AvgIpc) is 2.83. The summed E-state index contributed by atoms with van der Waals surface area (Å²) in [5.41, 5.74) is 0.804. The molecule has 2 aliphatic rings. The number of nitrogens with zero attached hydrogens (tertiary/aromatic N) is 5. The number of piperidine rings is 1. The average molecular weight is 474 g/mol. The minimum Gasteiger partial charge on any atom is -0.495 e. The van der Waals surface area contributed by atoms with Crippen LogP contribution in [-0.2, 0) is 0 Å². The van der Waals surface area contributed by atoms with Gasteiger partial charge in [0.15, 0.2) is 0 Å². The molecule has 33 heavy (non-hydrogen) atoms. The van der Waals surface area contributed by atoms with Gasteiger partial charge in [0.1, 0.15) is 5.75 Å². The fraction of sp³-hybridized carbons (Fsp3) is 0.625. The van der Waals surface area contributed by atoms with E-state index >= 15 is 0 Å². The molecule has 180 valence electrons. The van der Waals surface area contributed by atoms with Crippen molar-refractivity contribution >= 4 is 35.1 Å². The molecule has 0 spiro atoms. The molecule has 1 aliphatic carbocycles. The van der Waals surface area contributed by atoms with Crippen LogP contribution in [0.1, 0.15) is 44.9 Å². The van der Waals surface area contributed by atoms with Gasteiger partial charge in [0, 0.05) is 25.3 Å². The summed E-state index contributed by atoms with van der Waals surface area (Å²) in [6.07, 6.45) is 8.73. The fourth-order valence-electron chi connectivity index (χ4n) is 4.70. The maximum absolute atomic E-state index is 6.32. The van der Waals surface area contributed by atoms with Crippen molar-refractivity contribution < 1.29 is 4.74 Å². The lowest BCUT2D eigenvalue weighted by Crippen LogP contribution is -2.42. The molecule has 9 heteroatoms. The molecule has 2 heterocycles. The zero-order valence-corrected chi connectivity index (χ0v) is 20.7. The van der Waals surface area contributed by atoms with Crippen LogP contribution in [0.5, 0.6) is 5.75 Å². The molecule has 2 N–H and O–H groups in total. The summed E-state index contributed by atoms with van der Waals surface area (Å²) in [6.45, 7) is 3.07. The largest absolute Gasteiger partial charge is 0.495 e. The number of anilines is 4. The lowest BCUT2D eigenvalue weighted by atomic mass is 9.89. The maximum atomic E-state index is 6.32. The maximum Gasteiger partial charge on any atom is 0.233 e.